The predicted octanol–water partition coefficient (Wildman–Crippen LogP) is 1.51. The van der Waals surface area contributed by atoms with E-state index in [-0.39, 0.29) is 11.8 Å². The summed E-state index contributed by atoms with van der Waals surface area (Å²) in [7, 11) is 1.93. The van der Waals surface area contributed by atoms with Gasteiger partial charge in [0.25, 0.3) is 0 Å². The second-order valence-corrected chi connectivity index (χ2v) is 3.09. The average molecular weight is 143 g/mol. The fourth-order valence-electron chi connectivity index (χ4n) is 1.13. The molecule has 0 bridgehead atoms. The molecule has 1 aliphatic carbocycles. The van der Waals surface area contributed by atoms with Crippen molar-refractivity contribution in [1.82, 2.24) is 5.32 Å². The van der Waals surface area contributed by atoms with Crippen LogP contribution in [0.2, 0.25) is 0 Å². The molecule has 1 unspecified atom stereocenters. The zero-order valence-corrected chi connectivity index (χ0v) is 7.11. The highest BCUT2D eigenvalue weighted by Gasteiger charge is 2.42. The summed E-state index contributed by atoms with van der Waals surface area (Å²) in [4.78, 5) is 0. The van der Waals surface area contributed by atoms with Gasteiger partial charge in [-0.05, 0) is 33.2 Å². The van der Waals surface area contributed by atoms with E-state index in [1.807, 2.05) is 7.05 Å². The molecule has 10 heavy (non-hydrogen) atoms. The fourth-order valence-corrected chi connectivity index (χ4v) is 1.13. The Balaban J connectivity index is 2.23. The Morgan fingerprint density at radius 2 is 2.20 bits per heavy atom. The molecule has 0 aromatic heterocycles. The Bertz CT molecular complexity index is 110. The van der Waals surface area contributed by atoms with Crippen molar-refractivity contribution in [3.63, 3.8) is 0 Å². The smallest absolute Gasteiger partial charge is 0.105 e. The third-order valence-corrected chi connectivity index (χ3v) is 2.29. The maximum absolute atomic E-state index is 5.74. The van der Waals surface area contributed by atoms with Crippen LogP contribution in [0.5, 0.6) is 0 Å². The number of rotatable bonds is 4. The van der Waals surface area contributed by atoms with Crippen LogP contribution in [-0.2, 0) is 4.74 Å². The van der Waals surface area contributed by atoms with Crippen LogP contribution in [0.4, 0.5) is 0 Å². The minimum atomic E-state index is 0.211. The van der Waals surface area contributed by atoms with E-state index in [0.717, 1.165) is 6.42 Å². The van der Waals surface area contributed by atoms with E-state index >= 15 is 0 Å². The molecule has 0 aromatic rings. The van der Waals surface area contributed by atoms with Crippen LogP contribution in [0.3, 0.4) is 0 Å². The summed E-state index contributed by atoms with van der Waals surface area (Å²) in [5, 5.41) is 3.07. The minimum Gasteiger partial charge on any atom is -0.357 e. The van der Waals surface area contributed by atoms with Crippen molar-refractivity contribution in [2.75, 3.05) is 7.05 Å². The summed E-state index contributed by atoms with van der Waals surface area (Å²) >= 11 is 0. The first-order valence-electron chi connectivity index (χ1n) is 4.07. The van der Waals surface area contributed by atoms with Crippen molar-refractivity contribution in [2.24, 2.45) is 0 Å². The van der Waals surface area contributed by atoms with Crippen LogP contribution in [0, 0.1) is 0 Å². The molecule has 2 heteroatoms. The summed E-state index contributed by atoms with van der Waals surface area (Å²) in [6.07, 6.45) is 3.85. The summed E-state index contributed by atoms with van der Waals surface area (Å²) < 4.78 is 5.74. The predicted molar refractivity (Wildman–Crippen MR) is 41.9 cm³/mol. The van der Waals surface area contributed by atoms with E-state index in [4.69, 9.17) is 4.74 Å². The van der Waals surface area contributed by atoms with Gasteiger partial charge in [-0.2, -0.15) is 0 Å². The summed E-state index contributed by atoms with van der Waals surface area (Å²) in [6.45, 7) is 4.24. The fraction of sp³-hybridized carbons (Fsp3) is 1.00. The first kappa shape index (κ1) is 8.02. The van der Waals surface area contributed by atoms with Gasteiger partial charge in [0.15, 0.2) is 0 Å². The lowest BCUT2D eigenvalue weighted by Crippen LogP contribution is -2.30. The molecule has 1 aliphatic rings. The topological polar surface area (TPSA) is 21.3 Å². The third-order valence-electron chi connectivity index (χ3n) is 2.29. The quantitative estimate of drug-likeness (QED) is 0.602. The molecule has 2 nitrogen and oxygen atoms in total. The monoisotopic (exact) mass is 143 g/mol. The van der Waals surface area contributed by atoms with Gasteiger partial charge in [0.05, 0.1) is 5.60 Å². The summed E-state index contributed by atoms with van der Waals surface area (Å²) in [5.74, 6) is 0. The molecular formula is C8H17NO. The Morgan fingerprint density at radius 3 is 2.50 bits per heavy atom. The van der Waals surface area contributed by atoms with Gasteiger partial charge in [0, 0.05) is 0 Å². The molecule has 60 valence electrons. The SMILES string of the molecule is CCC1(OC(C)NC)CC1. The highest BCUT2D eigenvalue weighted by molar-refractivity contribution is 4.94. The molecule has 0 amide bonds. The molecular weight excluding hydrogens is 126 g/mol. The first-order chi connectivity index (χ1) is 4.72. The van der Waals surface area contributed by atoms with Crippen LogP contribution in [0.25, 0.3) is 0 Å². The van der Waals surface area contributed by atoms with E-state index in [0.29, 0.717) is 0 Å². The zero-order chi connectivity index (χ0) is 7.61. The standard InChI is InChI=1S/C8H17NO/c1-4-8(5-6-8)10-7(2)9-3/h7,9H,4-6H2,1-3H3. The van der Waals surface area contributed by atoms with E-state index in [1.54, 1.807) is 0 Å². The minimum absolute atomic E-state index is 0.211. The zero-order valence-electron chi connectivity index (χ0n) is 7.11. The molecule has 1 atom stereocenters. The normalized spacial score (nSPS) is 24.3. The highest BCUT2D eigenvalue weighted by atomic mass is 16.5. The Labute approximate surface area is 63.0 Å². The van der Waals surface area contributed by atoms with Gasteiger partial charge < -0.3 is 4.74 Å². The van der Waals surface area contributed by atoms with E-state index in [2.05, 4.69) is 19.2 Å². The van der Waals surface area contributed by atoms with Crippen molar-refractivity contribution in [2.45, 2.75) is 44.9 Å². The van der Waals surface area contributed by atoms with E-state index in [9.17, 15) is 0 Å². The Morgan fingerprint density at radius 1 is 1.60 bits per heavy atom. The van der Waals surface area contributed by atoms with Crippen LogP contribution in [-0.4, -0.2) is 18.9 Å². The first-order valence-corrected chi connectivity index (χ1v) is 4.07. The van der Waals surface area contributed by atoms with E-state index in [1.165, 1.54) is 12.8 Å². The lowest BCUT2D eigenvalue weighted by atomic mass is 10.2. The second kappa shape index (κ2) is 2.89. The van der Waals surface area contributed by atoms with Gasteiger partial charge in [-0.15, -0.1) is 0 Å². The van der Waals surface area contributed by atoms with Gasteiger partial charge in [-0.1, -0.05) is 6.92 Å². The van der Waals surface area contributed by atoms with Crippen molar-refractivity contribution < 1.29 is 4.74 Å². The third kappa shape index (κ3) is 1.70. The van der Waals surface area contributed by atoms with Gasteiger partial charge in [-0.25, -0.2) is 0 Å². The van der Waals surface area contributed by atoms with Crippen molar-refractivity contribution >= 4 is 0 Å². The van der Waals surface area contributed by atoms with Crippen LogP contribution >= 0.6 is 0 Å². The Kier molecular flexibility index (Phi) is 2.32. The summed E-state index contributed by atoms with van der Waals surface area (Å²) in [5.41, 5.74) is 0.252. The number of hydrogen-bond donors (Lipinski definition) is 1. The molecule has 0 saturated heterocycles. The van der Waals surface area contributed by atoms with Crippen molar-refractivity contribution in [1.29, 1.82) is 0 Å². The number of nitrogens with one attached hydrogen (secondary N) is 1. The molecule has 1 N–H and O–H groups in total. The van der Waals surface area contributed by atoms with Crippen molar-refractivity contribution in [3.8, 4) is 0 Å². The van der Waals surface area contributed by atoms with Crippen LogP contribution in [0.1, 0.15) is 33.1 Å². The van der Waals surface area contributed by atoms with E-state index < -0.39 is 0 Å². The van der Waals surface area contributed by atoms with Crippen LogP contribution < -0.4 is 5.32 Å². The molecule has 0 radical (unpaired) electrons. The lowest BCUT2D eigenvalue weighted by molar-refractivity contribution is -0.0352. The highest BCUT2D eigenvalue weighted by Crippen LogP contribution is 2.42. The molecule has 1 fully saturated rings. The van der Waals surface area contributed by atoms with Crippen molar-refractivity contribution in [3.05, 3.63) is 0 Å². The lowest BCUT2D eigenvalue weighted by Gasteiger charge is -2.19. The Hall–Kier alpha value is -0.0800. The molecule has 0 heterocycles. The maximum atomic E-state index is 5.74. The van der Waals surface area contributed by atoms with Crippen LogP contribution in [0.15, 0.2) is 0 Å². The molecule has 0 aromatic carbocycles. The molecule has 0 spiro atoms. The van der Waals surface area contributed by atoms with Gasteiger partial charge in [0.1, 0.15) is 6.23 Å². The largest absolute Gasteiger partial charge is 0.357 e. The number of ether oxygens (including phenoxy) is 1. The average Bonchev–Trinajstić information content (AvgIpc) is 2.70. The number of hydrogen-bond acceptors (Lipinski definition) is 2. The maximum Gasteiger partial charge on any atom is 0.105 e. The van der Waals surface area contributed by atoms with Gasteiger partial charge in [-0.3, -0.25) is 5.32 Å². The molecule has 0 aliphatic heterocycles. The molecule has 1 rings (SSSR count). The summed E-state index contributed by atoms with van der Waals surface area (Å²) in [6, 6.07) is 0. The van der Waals surface area contributed by atoms with Gasteiger partial charge in [0.2, 0.25) is 0 Å². The van der Waals surface area contributed by atoms with Gasteiger partial charge >= 0.3 is 0 Å². The second-order valence-electron chi connectivity index (χ2n) is 3.09. The molecule has 1 saturated carbocycles.